The van der Waals surface area contributed by atoms with Gasteiger partial charge in [0.25, 0.3) is 0 Å². The lowest BCUT2D eigenvalue weighted by Crippen LogP contribution is -2.00. The molecule has 118 valence electrons. The molecule has 0 spiro atoms. The Balaban J connectivity index is 2.17. The van der Waals surface area contributed by atoms with E-state index in [1.54, 1.807) is 4.68 Å². The van der Waals surface area contributed by atoms with E-state index in [1.807, 2.05) is 61.5 Å². The lowest BCUT2D eigenvalue weighted by molar-refractivity contribution is 0.552. The molecular formula is C20H21FN2. The highest BCUT2D eigenvalue weighted by Crippen LogP contribution is 2.29. The topological polar surface area (TPSA) is 17.8 Å². The van der Waals surface area contributed by atoms with Crippen molar-refractivity contribution >= 4 is 0 Å². The van der Waals surface area contributed by atoms with Crippen molar-refractivity contribution in [3.05, 3.63) is 71.7 Å². The van der Waals surface area contributed by atoms with Crippen LogP contribution in [0.5, 0.6) is 0 Å². The summed E-state index contributed by atoms with van der Waals surface area (Å²) in [5.41, 5.74) is 4.62. The molecule has 1 aromatic heterocycles. The van der Waals surface area contributed by atoms with Gasteiger partial charge in [0.1, 0.15) is 0 Å². The van der Waals surface area contributed by atoms with Crippen LogP contribution < -0.4 is 0 Å². The molecule has 0 atom stereocenters. The van der Waals surface area contributed by atoms with Crippen LogP contribution in [0.2, 0.25) is 0 Å². The first-order valence-electron chi connectivity index (χ1n) is 8.10. The van der Waals surface area contributed by atoms with Crippen molar-refractivity contribution in [3.8, 4) is 16.9 Å². The van der Waals surface area contributed by atoms with E-state index in [4.69, 9.17) is 0 Å². The molecule has 0 fully saturated rings. The summed E-state index contributed by atoms with van der Waals surface area (Å²) in [5, 5.41) is 4.19. The molecular weight excluding hydrogens is 287 g/mol. The van der Waals surface area contributed by atoms with Gasteiger partial charge in [-0.1, -0.05) is 61.4 Å². The minimum Gasteiger partial charge on any atom is -0.230 e. The molecule has 3 aromatic rings. The molecule has 0 bridgehead atoms. The van der Waals surface area contributed by atoms with Crippen LogP contribution in [0, 0.1) is 12.9 Å². The number of hydrogen-bond donors (Lipinski definition) is 0. The van der Waals surface area contributed by atoms with E-state index in [-0.39, 0.29) is 5.95 Å². The maximum atomic E-state index is 14.5. The van der Waals surface area contributed by atoms with Gasteiger partial charge in [-0.2, -0.15) is 4.39 Å². The number of benzene rings is 2. The van der Waals surface area contributed by atoms with Crippen molar-refractivity contribution < 1.29 is 4.39 Å². The molecule has 2 aromatic carbocycles. The van der Waals surface area contributed by atoms with Gasteiger partial charge in [-0.3, -0.25) is 0 Å². The quantitative estimate of drug-likeness (QED) is 0.623. The van der Waals surface area contributed by atoms with Crippen molar-refractivity contribution in [2.45, 2.75) is 33.1 Å². The molecule has 0 aliphatic rings. The number of aromatic nitrogens is 2. The minimum atomic E-state index is -0.363. The van der Waals surface area contributed by atoms with Gasteiger partial charge in [0.05, 0.1) is 11.4 Å². The molecule has 0 aliphatic heterocycles. The fraction of sp³-hybridized carbons (Fsp3) is 0.250. The molecule has 0 unspecified atom stereocenters. The fourth-order valence-electron chi connectivity index (χ4n) is 2.76. The summed E-state index contributed by atoms with van der Waals surface area (Å²) in [6.07, 6.45) is 2.69. The lowest BCUT2D eigenvalue weighted by Gasteiger charge is -2.10. The first kappa shape index (κ1) is 15.5. The number of nitrogens with zero attached hydrogens (tertiary/aromatic N) is 2. The maximum absolute atomic E-state index is 14.5. The number of halogens is 1. The predicted octanol–water partition coefficient (Wildman–Crippen LogP) is 5.33. The second kappa shape index (κ2) is 6.78. The third-order valence-electron chi connectivity index (χ3n) is 4.04. The van der Waals surface area contributed by atoms with Crippen LogP contribution >= 0.6 is 0 Å². The summed E-state index contributed by atoms with van der Waals surface area (Å²) in [6, 6.07) is 18.0. The molecule has 3 rings (SSSR count). The van der Waals surface area contributed by atoms with Gasteiger partial charge in [-0.15, -0.1) is 5.10 Å². The standard InChI is InChI=1S/C20H21FN2/c1-3-4-10-18-19(16-8-6-5-7-9-16)23(22-20(18)21)17-13-11-15(2)12-14-17/h5-9,11-14H,3-4,10H2,1-2H3. The summed E-state index contributed by atoms with van der Waals surface area (Å²) in [7, 11) is 0. The largest absolute Gasteiger partial charge is 0.236 e. The predicted molar refractivity (Wildman–Crippen MR) is 92.3 cm³/mol. The number of unbranched alkanes of at least 4 members (excludes halogenated alkanes) is 1. The van der Waals surface area contributed by atoms with Crippen LogP contribution in [0.1, 0.15) is 30.9 Å². The van der Waals surface area contributed by atoms with E-state index in [0.717, 1.165) is 29.8 Å². The molecule has 0 N–H and O–H groups in total. The van der Waals surface area contributed by atoms with E-state index in [9.17, 15) is 4.39 Å². The van der Waals surface area contributed by atoms with Gasteiger partial charge in [0.15, 0.2) is 0 Å². The summed E-state index contributed by atoms with van der Waals surface area (Å²) in [4.78, 5) is 0. The zero-order valence-electron chi connectivity index (χ0n) is 13.6. The highest BCUT2D eigenvalue weighted by molar-refractivity contribution is 5.66. The Hall–Kier alpha value is -2.42. The lowest BCUT2D eigenvalue weighted by atomic mass is 10.0. The van der Waals surface area contributed by atoms with Gasteiger partial charge in [-0.05, 0) is 31.9 Å². The Morgan fingerprint density at radius 3 is 2.35 bits per heavy atom. The monoisotopic (exact) mass is 308 g/mol. The summed E-state index contributed by atoms with van der Waals surface area (Å²) < 4.78 is 16.2. The Kier molecular flexibility index (Phi) is 4.56. The molecule has 0 amide bonds. The van der Waals surface area contributed by atoms with Crippen LogP contribution in [0.15, 0.2) is 54.6 Å². The highest BCUT2D eigenvalue weighted by atomic mass is 19.1. The van der Waals surface area contributed by atoms with Crippen LogP contribution in [-0.4, -0.2) is 9.78 Å². The Morgan fingerprint density at radius 1 is 1.00 bits per heavy atom. The number of hydrogen-bond acceptors (Lipinski definition) is 1. The van der Waals surface area contributed by atoms with Crippen molar-refractivity contribution in [2.24, 2.45) is 0 Å². The van der Waals surface area contributed by atoms with E-state index in [0.29, 0.717) is 12.0 Å². The minimum absolute atomic E-state index is 0.363. The van der Waals surface area contributed by atoms with Gasteiger partial charge in [0, 0.05) is 11.1 Å². The smallest absolute Gasteiger partial charge is 0.230 e. The fourth-order valence-corrected chi connectivity index (χ4v) is 2.76. The highest BCUT2D eigenvalue weighted by Gasteiger charge is 2.19. The normalized spacial score (nSPS) is 10.9. The Bertz CT molecular complexity index is 773. The second-order valence-corrected chi connectivity index (χ2v) is 5.83. The van der Waals surface area contributed by atoms with Gasteiger partial charge < -0.3 is 0 Å². The number of rotatable bonds is 5. The van der Waals surface area contributed by atoms with Crippen LogP contribution in [-0.2, 0) is 6.42 Å². The van der Waals surface area contributed by atoms with Crippen LogP contribution in [0.4, 0.5) is 4.39 Å². The van der Waals surface area contributed by atoms with Gasteiger partial charge in [0.2, 0.25) is 5.95 Å². The van der Waals surface area contributed by atoms with Crippen molar-refractivity contribution in [1.82, 2.24) is 9.78 Å². The summed E-state index contributed by atoms with van der Waals surface area (Å²) in [6.45, 7) is 4.16. The van der Waals surface area contributed by atoms with Gasteiger partial charge in [-0.25, -0.2) is 4.68 Å². The third-order valence-corrected chi connectivity index (χ3v) is 4.04. The molecule has 1 heterocycles. The Morgan fingerprint density at radius 2 is 1.70 bits per heavy atom. The van der Waals surface area contributed by atoms with E-state index in [1.165, 1.54) is 5.56 Å². The van der Waals surface area contributed by atoms with Crippen molar-refractivity contribution in [2.75, 3.05) is 0 Å². The van der Waals surface area contributed by atoms with E-state index < -0.39 is 0 Å². The van der Waals surface area contributed by atoms with E-state index in [2.05, 4.69) is 12.0 Å². The average Bonchev–Trinajstić information content (AvgIpc) is 2.91. The third kappa shape index (κ3) is 3.19. The molecule has 2 nitrogen and oxygen atoms in total. The van der Waals surface area contributed by atoms with Crippen LogP contribution in [0.25, 0.3) is 16.9 Å². The van der Waals surface area contributed by atoms with Crippen LogP contribution in [0.3, 0.4) is 0 Å². The SMILES string of the molecule is CCCCc1c(F)nn(-c2ccc(C)cc2)c1-c1ccccc1. The maximum Gasteiger partial charge on any atom is 0.236 e. The summed E-state index contributed by atoms with van der Waals surface area (Å²) >= 11 is 0. The first-order chi connectivity index (χ1) is 11.2. The zero-order valence-corrected chi connectivity index (χ0v) is 13.6. The molecule has 0 saturated heterocycles. The summed E-state index contributed by atoms with van der Waals surface area (Å²) in [5.74, 6) is -0.363. The molecule has 23 heavy (non-hydrogen) atoms. The second-order valence-electron chi connectivity index (χ2n) is 5.83. The van der Waals surface area contributed by atoms with Crippen molar-refractivity contribution in [1.29, 1.82) is 0 Å². The molecule has 3 heteroatoms. The molecule has 0 aliphatic carbocycles. The number of aryl methyl sites for hydroxylation is 1. The zero-order chi connectivity index (χ0) is 16.2. The molecule has 0 radical (unpaired) electrons. The van der Waals surface area contributed by atoms with Gasteiger partial charge >= 0.3 is 0 Å². The average molecular weight is 308 g/mol. The Labute approximate surface area is 136 Å². The molecule has 0 saturated carbocycles. The van der Waals surface area contributed by atoms with E-state index >= 15 is 0 Å². The first-order valence-corrected chi connectivity index (χ1v) is 8.10. The van der Waals surface area contributed by atoms with Crippen molar-refractivity contribution in [3.63, 3.8) is 0 Å².